The molecule has 0 N–H and O–H groups in total. The van der Waals surface area contributed by atoms with Crippen LogP contribution >= 0.6 is 41.2 Å². The monoisotopic (exact) mass is 330 g/mol. The zero-order valence-corrected chi connectivity index (χ0v) is 14.1. The minimum Gasteiger partial charge on any atom is -0.465 e. The lowest BCUT2D eigenvalue weighted by atomic mass is 10.5. The van der Waals surface area contributed by atoms with Gasteiger partial charge in [0.2, 0.25) is 0 Å². The van der Waals surface area contributed by atoms with E-state index in [9.17, 15) is 9.59 Å². The highest BCUT2D eigenvalue weighted by Crippen LogP contribution is 2.46. The van der Waals surface area contributed by atoms with Crippen molar-refractivity contribution >= 4 is 53.2 Å². The van der Waals surface area contributed by atoms with Gasteiger partial charge in [0.15, 0.2) is 0 Å². The summed E-state index contributed by atoms with van der Waals surface area (Å²) >= 11 is 0. The van der Waals surface area contributed by atoms with Gasteiger partial charge in [-0.05, 0) is 47.3 Å². The molecule has 0 bridgehead atoms. The maximum Gasteiger partial charge on any atom is 0.319 e. The van der Waals surface area contributed by atoms with Crippen molar-refractivity contribution in [3.63, 3.8) is 0 Å². The van der Waals surface area contributed by atoms with Crippen molar-refractivity contribution in [1.29, 1.82) is 0 Å². The van der Waals surface area contributed by atoms with Crippen LogP contribution in [0.15, 0.2) is 0 Å². The molecule has 4 nitrogen and oxygen atoms in total. The molecule has 18 heavy (non-hydrogen) atoms. The SMILES string of the molecule is CCOC(=O)C(C)SSSSC(C)C(=O)OCC. The van der Waals surface area contributed by atoms with Gasteiger partial charge in [0.05, 0.1) is 13.2 Å². The Kier molecular flexibility index (Phi) is 11.4. The lowest BCUT2D eigenvalue weighted by molar-refractivity contribution is -0.142. The molecule has 0 aliphatic carbocycles. The van der Waals surface area contributed by atoms with E-state index in [-0.39, 0.29) is 22.4 Å². The van der Waals surface area contributed by atoms with Crippen LogP contribution in [-0.2, 0) is 19.1 Å². The van der Waals surface area contributed by atoms with Crippen LogP contribution in [0.5, 0.6) is 0 Å². The average Bonchev–Trinajstić information content (AvgIpc) is 2.34. The zero-order valence-electron chi connectivity index (χ0n) is 10.8. The molecule has 106 valence electrons. The molecule has 0 saturated carbocycles. The number of rotatable bonds is 9. The molecule has 0 rings (SSSR count). The van der Waals surface area contributed by atoms with Crippen LogP contribution in [-0.4, -0.2) is 35.7 Å². The first kappa shape index (κ1) is 18.3. The summed E-state index contributed by atoms with van der Waals surface area (Å²) in [6.45, 7) is 7.97. The van der Waals surface area contributed by atoms with Gasteiger partial charge in [0.1, 0.15) is 10.5 Å². The van der Waals surface area contributed by atoms with Gasteiger partial charge >= 0.3 is 11.9 Å². The molecule has 0 aromatic rings. The third kappa shape index (κ3) is 8.44. The summed E-state index contributed by atoms with van der Waals surface area (Å²) in [5, 5.41) is -0.415. The normalized spacial score (nSPS) is 13.8. The molecular formula is C10H18O4S4. The molecule has 0 fully saturated rings. The van der Waals surface area contributed by atoms with Gasteiger partial charge in [-0.15, -0.1) is 0 Å². The minimum atomic E-state index is -0.209. The molecular weight excluding hydrogens is 312 g/mol. The van der Waals surface area contributed by atoms with Crippen molar-refractivity contribution in [3.8, 4) is 0 Å². The molecule has 0 heterocycles. The van der Waals surface area contributed by atoms with Crippen LogP contribution in [0.1, 0.15) is 27.7 Å². The highest BCUT2D eigenvalue weighted by atomic mass is 33.7. The van der Waals surface area contributed by atoms with Gasteiger partial charge in [-0.2, -0.15) is 0 Å². The van der Waals surface area contributed by atoms with Crippen LogP contribution in [0.3, 0.4) is 0 Å². The van der Waals surface area contributed by atoms with Crippen LogP contribution in [0, 0.1) is 0 Å². The van der Waals surface area contributed by atoms with Crippen molar-refractivity contribution in [3.05, 3.63) is 0 Å². The summed E-state index contributed by atoms with van der Waals surface area (Å²) in [6, 6.07) is 0. The lowest BCUT2D eigenvalue weighted by Gasteiger charge is -2.10. The van der Waals surface area contributed by atoms with E-state index in [1.165, 1.54) is 41.2 Å². The van der Waals surface area contributed by atoms with E-state index in [1.54, 1.807) is 27.7 Å². The summed E-state index contributed by atoms with van der Waals surface area (Å²) in [4.78, 5) is 22.6. The molecule has 2 unspecified atom stereocenters. The number of carbonyl (C=O) groups is 2. The first-order chi connectivity index (χ1) is 8.52. The third-order valence-corrected chi connectivity index (χ3v) is 8.59. The number of hydrogen-bond acceptors (Lipinski definition) is 8. The number of esters is 2. The van der Waals surface area contributed by atoms with E-state index in [2.05, 4.69) is 0 Å². The van der Waals surface area contributed by atoms with E-state index in [1.807, 2.05) is 0 Å². The summed E-state index contributed by atoms with van der Waals surface area (Å²) in [5.74, 6) is -0.418. The summed E-state index contributed by atoms with van der Waals surface area (Å²) in [7, 11) is 5.78. The summed E-state index contributed by atoms with van der Waals surface area (Å²) < 4.78 is 9.78. The Balaban J connectivity index is 3.66. The summed E-state index contributed by atoms with van der Waals surface area (Å²) in [5.41, 5.74) is 0. The minimum absolute atomic E-state index is 0.207. The van der Waals surface area contributed by atoms with Crippen molar-refractivity contribution in [2.24, 2.45) is 0 Å². The van der Waals surface area contributed by atoms with Gasteiger partial charge in [-0.3, -0.25) is 9.59 Å². The van der Waals surface area contributed by atoms with Gasteiger partial charge < -0.3 is 9.47 Å². The van der Waals surface area contributed by atoms with Crippen molar-refractivity contribution in [2.75, 3.05) is 13.2 Å². The highest BCUT2D eigenvalue weighted by Gasteiger charge is 2.18. The molecule has 8 heteroatoms. The van der Waals surface area contributed by atoms with Crippen molar-refractivity contribution in [1.82, 2.24) is 0 Å². The Hall–Kier alpha value is 0.340. The Morgan fingerprint density at radius 2 is 1.22 bits per heavy atom. The second-order valence-electron chi connectivity index (χ2n) is 3.12. The van der Waals surface area contributed by atoms with E-state index < -0.39 is 0 Å². The largest absolute Gasteiger partial charge is 0.465 e. The van der Waals surface area contributed by atoms with E-state index >= 15 is 0 Å². The molecule has 2 atom stereocenters. The second-order valence-corrected chi connectivity index (χ2v) is 9.61. The molecule has 0 spiro atoms. The van der Waals surface area contributed by atoms with Crippen LogP contribution in [0.4, 0.5) is 0 Å². The van der Waals surface area contributed by atoms with Crippen LogP contribution in [0.25, 0.3) is 0 Å². The lowest BCUT2D eigenvalue weighted by Crippen LogP contribution is -2.16. The quantitative estimate of drug-likeness (QED) is 0.361. The predicted molar refractivity (Wildman–Crippen MR) is 82.6 cm³/mol. The Labute approximate surface area is 123 Å². The van der Waals surface area contributed by atoms with Crippen LogP contribution in [0.2, 0.25) is 0 Å². The second kappa shape index (κ2) is 11.2. The van der Waals surface area contributed by atoms with Crippen LogP contribution < -0.4 is 0 Å². The van der Waals surface area contributed by atoms with E-state index in [0.717, 1.165) is 0 Å². The van der Waals surface area contributed by atoms with Gasteiger partial charge in [-0.25, -0.2) is 0 Å². The zero-order chi connectivity index (χ0) is 14.0. The third-order valence-electron chi connectivity index (χ3n) is 1.63. The molecule has 0 radical (unpaired) electrons. The maximum absolute atomic E-state index is 11.3. The molecule has 0 aliphatic rings. The number of hydrogen-bond donors (Lipinski definition) is 0. The fourth-order valence-corrected chi connectivity index (χ4v) is 7.14. The molecule has 0 aromatic carbocycles. The number of ether oxygens (including phenoxy) is 2. The summed E-state index contributed by atoms with van der Waals surface area (Å²) in [6.07, 6.45) is 0. The van der Waals surface area contributed by atoms with E-state index in [4.69, 9.17) is 9.47 Å². The molecule has 0 saturated heterocycles. The van der Waals surface area contributed by atoms with E-state index in [0.29, 0.717) is 13.2 Å². The van der Waals surface area contributed by atoms with Crippen molar-refractivity contribution < 1.29 is 19.1 Å². The first-order valence-electron chi connectivity index (χ1n) is 5.51. The topological polar surface area (TPSA) is 52.6 Å². The Morgan fingerprint density at radius 1 is 0.889 bits per heavy atom. The van der Waals surface area contributed by atoms with Gasteiger partial charge in [0.25, 0.3) is 0 Å². The smallest absolute Gasteiger partial charge is 0.319 e. The number of carbonyl (C=O) groups excluding carboxylic acids is 2. The highest BCUT2D eigenvalue weighted by molar-refractivity contribution is 9.26. The van der Waals surface area contributed by atoms with Gasteiger partial charge in [0, 0.05) is 0 Å². The predicted octanol–water partition coefficient (Wildman–Crippen LogP) is 3.57. The Bertz CT molecular complexity index is 236. The average molecular weight is 331 g/mol. The van der Waals surface area contributed by atoms with Crippen molar-refractivity contribution in [2.45, 2.75) is 38.2 Å². The van der Waals surface area contributed by atoms with Gasteiger partial charge in [-0.1, -0.05) is 21.6 Å². The standard InChI is InChI=1S/C10H18O4S4/c1-5-13-9(11)7(3)15-17-18-16-8(4)10(12)14-6-2/h7-8H,5-6H2,1-4H3. The fraction of sp³-hybridized carbons (Fsp3) is 0.800. The molecule has 0 aliphatic heterocycles. The molecule has 0 aromatic heterocycles. The molecule has 0 amide bonds. The first-order valence-corrected chi connectivity index (χ1v) is 10.5. The fourth-order valence-electron chi connectivity index (χ4n) is 0.748. The maximum atomic E-state index is 11.3. The Morgan fingerprint density at radius 3 is 1.50 bits per heavy atom.